The Labute approximate surface area is 97.3 Å². The molecule has 16 heavy (non-hydrogen) atoms. The van der Waals surface area contributed by atoms with Crippen molar-refractivity contribution in [1.82, 2.24) is 0 Å². The van der Waals surface area contributed by atoms with E-state index < -0.39 is 5.97 Å². The smallest absolute Gasteiger partial charge is 0.303 e. The quantitative estimate of drug-likeness (QED) is 0.826. The average Bonchev–Trinajstić information content (AvgIpc) is 2.23. The van der Waals surface area contributed by atoms with Crippen molar-refractivity contribution >= 4 is 5.97 Å². The van der Waals surface area contributed by atoms with Gasteiger partial charge in [-0.25, -0.2) is 0 Å². The third-order valence-electron chi connectivity index (χ3n) is 3.08. The minimum Gasteiger partial charge on any atom is -0.481 e. The zero-order valence-electron chi connectivity index (χ0n) is 10.3. The van der Waals surface area contributed by atoms with Crippen molar-refractivity contribution in [1.29, 1.82) is 0 Å². The lowest BCUT2D eigenvalue weighted by Gasteiger charge is -2.11. The molecule has 0 aliphatic rings. The van der Waals surface area contributed by atoms with Crippen LogP contribution >= 0.6 is 0 Å². The maximum atomic E-state index is 10.5. The summed E-state index contributed by atoms with van der Waals surface area (Å²) in [5.41, 5.74) is 5.26. The van der Waals surface area contributed by atoms with Gasteiger partial charge in [-0.15, -0.1) is 0 Å². The molecule has 1 aromatic rings. The molecule has 1 N–H and O–H groups in total. The van der Waals surface area contributed by atoms with E-state index in [2.05, 4.69) is 32.9 Å². The fraction of sp³-hybridized carbons (Fsp3) is 0.500. The first kappa shape index (κ1) is 12.8. The Kier molecular flexibility index (Phi) is 4.53. The molecule has 0 radical (unpaired) electrons. The molecule has 1 aromatic carbocycles. The largest absolute Gasteiger partial charge is 0.481 e. The lowest BCUT2D eigenvalue weighted by Crippen LogP contribution is -1.99. The van der Waals surface area contributed by atoms with E-state index in [1.54, 1.807) is 0 Å². The van der Waals surface area contributed by atoms with Gasteiger partial charge < -0.3 is 5.11 Å². The number of aliphatic carboxylic acids is 1. The molecule has 0 bridgehead atoms. The van der Waals surface area contributed by atoms with Gasteiger partial charge in [0.2, 0.25) is 0 Å². The van der Waals surface area contributed by atoms with Crippen molar-refractivity contribution < 1.29 is 9.90 Å². The third kappa shape index (κ3) is 3.37. The first-order valence-corrected chi connectivity index (χ1v) is 5.85. The Morgan fingerprint density at radius 1 is 1.31 bits per heavy atom. The van der Waals surface area contributed by atoms with Crippen LogP contribution in [0.2, 0.25) is 0 Å². The molecule has 0 aromatic heterocycles. The number of rotatable bonds is 5. The van der Waals surface area contributed by atoms with E-state index in [0.29, 0.717) is 0 Å². The van der Waals surface area contributed by atoms with Gasteiger partial charge in [0, 0.05) is 6.42 Å². The molecule has 1 rings (SSSR count). The molecule has 0 aliphatic heterocycles. The molecule has 2 heteroatoms. The summed E-state index contributed by atoms with van der Waals surface area (Å²) in [4.78, 5) is 10.5. The van der Waals surface area contributed by atoms with Gasteiger partial charge >= 0.3 is 5.97 Å². The fourth-order valence-electron chi connectivity index (χ4n) is 1.91. The lowest BCUT2D eigenvalue weighted by molar-refractivity contribution is -0.137. The Morgan fingerprint density at radius 3 is 2.56 bits per heavy atom. The molecular formula is C14H20O2. The Morgan fingerprint density at radius 2 is 2.00 bits per heavy atom. The Bertz CT molecular complexity index is 381. The van der Waals surface area contributed by atoms with E-state index in [4.69, 9.17) is 5.11 Å². The van der Waals surface area contributed by atoms with Crippen LogP contribution in [0, 0.1) is 13.8 Å². The van der Waals surface area contributed by atoms with Crippen molar-refractivity contribution in [3.63, 3.8) is 0 Å². The summed E-state index contributed by atoms with van der Waals surface area (Å²) in [5.74, 6) is -0.707. The van der Waals surface area contributed by atoms with Crippen molar-refractivity contribution in [3.05, 3.63) is 34.4 Å². The SMILES string of the molecule is CCc1cc(C)c(C)c(CCCC(=O)O)c1. The molecule has 2 nitrogen and oxygen atoms in total. The predicted octanol–water partition coefficient (Wildman–Crippen LogP) is 3.27. The maximum absolute atomic E-state index is 10.5. The normalized spacial score (nSPS) is 10.4. The third-order valence-corrected chi connectivity index (χ3v) is 3.08. The molecule has 0 atom stereocenters. The van der Waals surface area contributed by atoms with Crippen LogP contribution in [-0.2, 0) is 17.6 Å². The predicted molar refractivity (Wildman–Crippen MR) is 65.9 cm³/mol. The molecule has 0 amide bonds. The highest BCUT2D eigenvalue weighted by Crippen LogP contribution is 2.18. The highest BCUT2D eigenvalue weighted by molar-refractivity contribution is 5.66. The van der Waals surface area contributed by atoms with Crippen molar-refractivity contribution in [2.75, 3.05) is 0 Å². The standard InChI is InChI=1S/C14H20O2/c1-4-12-8-10(2)11(3)13(9-12)6-5-7-14(15)16/h8-9H,4-7H2,1-3H3,(H,15,16). The zero-order chi connectivity index (χ0) is 12.1. The van der Waals surface area contributed by atoms with Crippen LogP contribution in [0.1, 0.15) is 42.0 Å². The van der Waals surface area contributed by atoms with Crippen LogP contribution in [0.3, 0.4) is 0 Å². The lowest BCUT2D eigenvalue weighted by atomic mass is 9.95. The van der Waals surface area contributed by atoms with Crippen LogP contribution < -0.4 is 0 Å². The molecular weight excluding hydrogens is 200 g/mol. The molecule has 88 valence electrons. The van der Waals surface area contributed by atoms with Gasteiger partial charge in [-0.2, -0.15) is 0 Å². The molecule has 0 fully saturated rings. The van der Waals surface area contributed by atoms with Gasteiger partial charge in [-0.1, -0.05) is 19.1 Å². The molecule has 0 heterocycles. The van der Waals surface area contributed by atoms with E-state index in [9.17, 15) is 4.79 Å². The number of carboxylic acid groups (broad SMARTS) is 1. The van der Waals surface area contributed by atoms with Crippen LogP contribution in [0.5, 0.6) is 0 Å². The number of hydrogen-bond acceptors (Lipinski definition) is 1. The summed E-state index contributed by atoms with van der Waals surface area (Å²) in [6.07, 6.45) is 2.89. The van der Waals surface area contributed by atoms with E-state index in [1.807, 2.05) is 0 Å². The van der Waals surface area contributed by atoms with Crippen molar-refractivity contribution in [2.45, 2.75) is 46.5 Å². The van der Waals surface area contributed by atoms with Crippen molar-refractivity contribution in [2.24, 2.45) is 0 Å². The van der Waals surface area contributed by atoms with Crippen LogP contribution in [0.25, 0.3) is 0 Å². The first-order chi connectivity index (χ1) is 7.54. The minimum atomic E-state index is -0.707. The molecule has 0 aliphatic carbocycles. The van der Waals surface area contributed by atoms with Gasteiger partial charge in [-0.3, -0.25) is 4.79 Å². The van der Waals surface area contributed by atoms with Gasteiger partial charge in [0.1, 0.15) is 0 Å². The van der Waals surface area contributed by atoms with Gasteiger partial charge in [0.25, 0.3) is 0 Å². The summed E-state index contributed by atoms with van der Waals surface area (Å²) in [7, 11) is 0. The van der Waals surface area contributed by atoms with Gasteiger partial charge in [0.05, 0.1) is 0 Å². The second-order valence-corrected chi connectivity index (χ2v) is 4.30. The number of benzene rings is 1. The monoisotopic (exact) mass is 220 g/mol. The van der Waals surface area contributed by atoms with Crippen LogP contribution in [0.15, 0.2) is 12.1 Å². The minimum absolute atomic E-state index is 0.259. The average molecular weight is 220 g/mol. The summed E-state index contributed by atoms with van der Waals surface area (Å²) in [6.45, 7) is 6.38. The molecule has 0 spiro atoms. The topological polar surface area (TPSA) is 37.3 Å². The molecule has 0 saturated heterocycles. The van der Waals surface area contributed by atoms with Crippen molar-refractivity contribution in [3.8, 4) is 0 Å². The second kappa shape index (κ2) is 5.69. The number of aryl methyl sites for hydroxylation is 3. The number of carboxylic acids is 1. The second-order valence-electron chi connectivity index (χ2n) is 4.30. The number of carbonyl (C=O) groups is 1. The Balaban J connectivity index is 2.78. The van der Waals surface area contributed by atoms with E-state index >= 15 is 0 Å². The van der Waals surface area contributed by atoms with Crippen LogP contribution in [-0.4, -0.2) is 11.1 Å². The van der Waals surface area contributed by atoms with Crippen LogP contribution in [0.4, 0.5) is 0 Å². The van der Waals surface area contributed by atoms with E-state index in [-0.39, 0.29) is 6.42 Å². The van der Waals surface area contributed by atoms with E-state index in [0.717, 1.165) is 19.3 Å². The Hall–Kier alpha value is -1.31. The fourth-order valence-corrected chi connectivity index (χ4v) is 1.91. The highest BCUT2D eigenvalue weighted by Gasteiger charge is 2.05. The maximum Gasteiger partial charge on any atom is 0.303 e. The number of hydrogen-bond donors (Lipinski definition) is 1. The van der Waals surface area contributed by atoms with Gasteiger partial charge in [0.15, 0.2) is 0 Å². The molecule has 0 saturated carbocycles. The molecule has 0 unspecified atom stereocenters. The van der Waals surface area contributed by atoms with Gasteiger partial charge in [-0.05, 0) is 55.4 Å². The highest BCUT2D eigenvalue weighted by atomic mass is 16.4. The first-order valence-electron chi connectivity index (χ1n) is 5.85. The zero-order valence-corrected chi connectivity index (χ0v) is 10.3. The summed E-state index contributed by atoms with van der Waals surface area (Å²) in [5, 5.41) is 8.62. The summed E-state index contributed by atoms with van der Waals surface area (Å²) < 4.78 is 0. The summed E-state index contributed by atoms with van der Waals surface area (Å²) >= 11 is 0. The van der Waals surface area contributed by atoms with E-state index in [1.165, 1.54) is 22.3 Å². The summed E-state index contributed by atoms with van der Waals surface area (Å²) in [6, 6.07) is 4.43.